The summed E-state index contributed by atoms with van der Waals surface area (Å²) < 4.78 is 22.9. The molecule has 0 radical (unpaired) electrons. The molecule has 7 nitrogen and oxygen atoms in total. The van der Waals surface area contributed by atoms with Crippen LogP contribution in [0.1, 0.15) is 16.8 Å². The second-order valence-corrected chi connectivity index (χ2v) is 7.56. The minimum atomic E-state index is -3.14. The first-order valence-electron chi connectivity index (χ1n) is 6.13. The van der Waals surface area contributed by atoms with E-state index < -0.39 is 26.7 Å². The lowest BCUT2D eigenvalue weighted by Gasteiger charge is -2.23. The van der Waals surface area contributed by atoms with E-state index in [4.69, 9.17) is 11.6 Å². The molecule has 1 aliphatic heterocycles. The van der Waals surface area contributed by atoms with E-state index in [0.29, 0.717) is 6.42 Å². The van der Waals surface area contributed by atoms with Crippen LogP contribution in [-0.2, 0) is 9.84 Å². The zero-order chi connectivity index (χ0) is 15.8. The summed E-state index contributed by atoms with van der Waals surface area (Å²) in [4.78, 5) is 23.9. The predicted octanol–water partition coefficient (Wildman–Crippen LogP) is 1.51. The van der Waals surface area contributed by atoms with Gasteiger partial charge in [0, 0.05) is 24.2 Å². The van der Waals surface area contributed by atoms with E-state index in [1.54, 1.807) is 0 Å². The van der Waals surface area contributed by atoms with Crippen LogP contribution in [-0.4, -0.2) is 48.7 Å². The number of benzene rings is 1. The van der Waals surface area contributed by atoms with Crippen molar-refractivity contribution >= 4 is 33.0 Å². The lowest BCUT2D eigenvalue weighted by molar-refractivity contribution is -0.385. The van der Waals surface area contributed by atoms with Crippen molar-refractivity contribution in [2.75, 3.05) is 18.6 Å². The fourth-order valence-electron chi connectivity index (χ4n) is 2.28. The van der Waals surface area contributed by atoms with Crippen molar-refractivity contribution in [2.24, 2.45) is 0 Å². The van der Waals surface area contributed by atoms with Crippen molar-refractivity contribution < 1.29 is 18.1 Å². The number of sulfone groups is 1. The van der Waals surface area contributed by atoms with Crippen molar-refractivity contribution in [1.82, 2.24) is 4.90 Å². The Bertz CT molecular complexity index is 704. The number of hydrogen-bond donors (Lipinski definition) is 0. The number of rotatable bonds is 3. The molecule has 1 saturated heterocycles. The first-order valence-corrected chi connectivity index (χ1v) is 8.33. The average molecular weight is 333 g/mol. The van der Waals surface area contributed by atoms with Gasteiger partial charge in [0.05, 0.1) is 16.4 Å². The van der Waals surface area contributed by atoms with Crippen molar-refractivity contribution in [1.29, 1.82) is 0 Å². The van der Waals surface area contributed by atoms with E-state index in [2.05, 4.69) is 0 Å². The number of nitrogens with zero attached hydrogens (tertiary/aromatic N) is 2. The van der Waals surface area contributed by atoms with Crippen molar-refractivity contribution in [2.45, 2.75) is 12.5 Å². The fraction of sp³-hybridized carbons (Fsp3) is 0.417. The molecule has 114 valence electrons. The van der Waals surface area contributed by atoms with Crippen LogP contribution in [0.15, 0.2) is 18.2 Å². The highest BCUT2D eigenvalue weighted by molar-refractivity contribution is 7.91. The summed E-state index contributed by atoms with van der Waals surface area (Å²) in [5.74, 6) is -0.706. The lowest BCUT2D eigenvalue weighted by Crippen LogP contribution is -2.38. The second-order valence-electron chi connectivity index (χ2n) is 4.89. The van der Waals surface area contributed by atoms with Crippen LogP contribution in [0, 0.1) is 10.1 Å². The van der Waals surface area contributed by atoms with Gasteiger partial charge >= 0.3 is 0 Å². The van der Waals surface area contributed by atoms with E-state index in [1.807, 2.05) is 0 Å². The van der Waals surface area contributed by atoms with Crippen LogP contribution in [0.4, 0.5) is 5.69 Å². The summed E-state index contributed by atoms with van der Waals surface area (Å²) in [6, 6.07) is 3.24. The standard InChI is InChI=1S/C12H13ClN2O5S/c1-14(9-4-5-21(19,20)7-9)12(16)10-6-8(13)2-3-11(10)15(17)18/h2-3,6,9H,4-5,7H2,1H3/t9-/m0/s1. The Morgan fingerprint density at radius 1 is 1.48 bits per heavy atom. The van der Waals surface area contributed by atoms with E-state index in [9.17, 15) is 23.3 Å². The molecule has 1 aliphatic rings. The Kier molecular flexibility index (Phi) is 4.20. The molecule has 1 heterocycles. The van der Waals surface area contributed by atoms with Gasteiger partial charge in [-0.25, -0.2) is 8.42 Å². The molecular formula is C12H13ClN2O5S. The molecule has 0 spiro atoms. The SMILES string of the molecule is CN(C(=O)c1cc(Cl)ccc1[N+](=O)[O-])[C@H]1CCS(=O)(=O)C1. The third kappa shape index (κ3) is 3.33. The van der Waals surface area contributed by atoms with Crippen LogP contribution in [0.5, 0.6) is 0 Å². The Balaban J connectivity index is 2.32. The number of halogens is 1. The molecule has 0 bridgehead atoms. The van der Waals surface area contributed by atoms with Gasteiger partial charge in [0.2, 0.25) is 0 Å². The smallest absolute Gasteiger partial charge is 0.282 e. The molecule has 0 aliphatic carbocycles. The van der Waals surface area contributed by atoms with Gasteiger partial charge in [-0.05, 0) is 18.6 Å². The van der Waals surface area contributed by atoms with Gasteiger partial charge in [0.1, 0.15) is 5.56 Å². The summed E-state index contributed by atoms with van der Waals surface area (Å²) in [6.45, 7) is 0. The summed E-state index contributed by atoms with van der Waals surface area (Å²) >= 11 is 5.79. The zero-order valence-electron chi connectivity index (χ0n) is 11.2. The Morgan fingerprint density at radius 3 is 2.67 bits per heavy atom. The van der Waals surface area contributed by atoms with Crippen LogP contribution in [0.2, 0.25) is 5.02 Å². The highest BCUT2D eigenvalue weighted by atomic mass is 35.5. The molecule has 1 amide bonds. The monoisotopic (exact) mass is 332 g/mol. The molecule has 9 heteroatoms. The summed E-state index contributed by atoms with van der Waals surface area (Å²) in [5.41, 5.74) is -0.489. The quantitative estimate of drug-likeness (QED) is 0.617. The van der Waals surface area contributed by atoms with Crippen molar-refractivity contribution in [3.05, 3.63) is 38.9 Å². The fourth-order valence-corrected chi connectivity index (χ4v) is 4.22. The van der Waals surface area contributed by atoms with Gasteiger partial charge in [-0.2, -0.15) is 0 Å². The van der Waals surface area contributed by atoms with E-state index in [1.165, 1.54) is 24.1 Å². The zero-order valence-corrected chi connectivity index (χ0v) is 12.7. The first-order chi connectivity index (χ1) is 9.71. The molecule has 2 rings (SSSR count). The Labute approximate surface area is 126 Å². The predicted molar refractivity (Wildman–Crippen MR) is 77.3 cm³/mol. The maximum atomic E-state index is 12.4. The Morgan fingerprint density at radius 2 is 2.14 bits per heavy atom. The number of carbonyl (C=O) groups excluding carboxylic acids is 1. The number of hydrogen-bond acceptors (Lipinski definition) is 5. The molecule has 0 unspecified atom stereocenters. The number of nitro groups is 1. The third-order valence-electron chi connectivity index (χ3n) is 3.46. The molecule has 0 aromatic heterocycles. The maximum Gasteiger partial charge on any atom is 0.282 e. The second kappa shape index (κ2) is 5.61. The topological polar surface area (TPSA) is 97.6 Å². The first kappa shape index (κ1) is 15.7. The largest absolute Gasteiger partial charge is 0.337 e. The van der Waals surface area contributed by atoms with Gasteiger partial charge in [-0.3, -0.25) is 14.9 Å². The summed E-state index contributed by atoms with van der Waals surface area (Å²) in [5, 5.41) is 11.2. The number of amides is 1. The van der Waals surface area contributed by atoms with Gasteiger partial charge in [-0.1, -0.05) is 11.6 Å². The molecule has 21 heavy (non-hydrogen) atoms. The maximum absolute atomic E-state index is 12.4. The van der Waals surface area contributed by atoms with Gasteiger partial charge in [-0.15, -0.1) is 0 Å². The highest BCUT2D eigenvalue weighted by Gasteiger charge is 2.34. The third-order valence-corrected chi connectivity index (χ3v) is 5.45. The molecule has 0 N–H and O–H groups in total. The lowest BCUT2D eigenvalue weighted by atomic mass is 10.1. The molecule has 1 aromatic rings. The number of carbonyl (C=O) groups is 1. The van der Waals surface area contributed by atoms with Gasteiger partial charge < -0.3 is 4.90 Å². The van der Waals surface area contributed by atoms with E-state index in [-0.39, 0.29) is 27.8 Å². The number of nitro benzene ring substituents is 1. The minimum absolute atomic E-state index is 0.0208. The highest BCUT2D eigenvalue weighted by Crippen LogP contribution is 2.26. The molecule has 0 saturated carbocycles. The van der Waals surface area contributed by atoms with Gasteiger partial charge in [0.15, 0.2) is 9.84 Å². The van der Waals surface area contributed by atoms with E-state index >= 15 is 0 Å². The van der Waals surface area contributed by atoms with Crippen molar-refractivity contribution in [3.63, 3.8) is 0 Å². The summed E-state index contributed by atoms with van der Waals surface area (Å²) in [7, 11) is -1.70. The molecule has 1 atom stereocenters. The van der Waals surface area contributed by atoms with Crippen LogP contribution in [0.3, 0.4) is 0 Å². The van der Waals surface area contributed by atoms with Crippen LogP contribution >= 0.6 is 11.6 Å². The molecule has 1 aromatic carbocycles. The normalized spacial score (nSPS) is 20.2. The molecular weight excluding hydrogens is 320 g/mol. The average Bonchev–Trinajstić information content (AvgIpc) is 2.77. The van der Waals surface area contributed by atoms with Crippen molar-refractivity contribution in [3.8, 4) is 0 Å². The van der Waals surface area contributed by atoms with Gasteiger partial charge in [0.25, 0.3) is 11.6 Å². The van der Waals surface area contributed by atoms with Crippen LogP contribution < -0.4 is 0 Å². The van der Waals surface area contributed by atoms with Crippen LogP contribution in [0.25, 0.3) is 0 Å². The van der Waals surface area contributed by atoms with E-state index in [0.717, 1.165) is 6.07 Å². The summed E-state index contributed by atoms with van der Waals surface area (Å²) in [6.07, 6.45) is 0.332. The molecule has 1 fully saturated rings. The minimum Gasteiger partial charge on any atom is -0.337 e. The Hall–Kier alpha value is -1.67.